The monoisotopic (exact) mass is 579 g/mol. The van der Waals surface area contributed by atoms with Crippen LogP contribution in [0.1, 0.15) is 25.3 Å². The minimum absolute atomic E-state index is 0.0136. The third-order valence-electron chi connectivity index (χ3n) is 4.93. The van der Waals surface area contributed by atoms with Gasteiger partial charge in [-0.3, -0.25) is 4.79 Å². The predicted octanol–water partition coefficient (Wildman–Crippen LogP) is 3.98. The highest BCUT2D eigenvalue weighted by atomic mass is 127. The Bertz CT molecular complexity index is 1090. The number of hydrogen-bond acceptors (Lipinski definition) is 6. The maximum absolute atomic E-state index is 14.9. The predicted molar refractivity (Wildman–Crippen MR) is 117 cm³/mol. The van der Waals surface area contributed by atoms with Gasteiger partial charge in [0.05, 0.1) is 16.9 Å². The van der Waals surface area contributed by atoms with Gasteiger partial charge in [0, 0.05) is 15.0 Å². The molecule has 1 aromatic carbocycles. The number of piperidine rings is 1. The molecule has 28 heavy (non-hydrogen) atoms. The first-order valence-electron chi connectivity index (χ1n) is 8.62. The Morgan fingerprint density at radius 2 is 2.32 bits per heavy atom. The van der Waals surface area contributed by atoms with Crippen LogP contribution >= 0.6 is 50.3 Å². The molecule has 0 amide bonds. The number of hydrogen-bond donors (Lipinski definition) is 2. The Morgan fingerprint density at radius 1 is 1.54 bits per heavy atom. The molecule has 1 saturated heterocycles. The topological polar surface area (TPSA) is 92.9 Å². The number of fused-ring (bicyclic) bond motifs is 3. The van der Waals surface area contributed by atoms with E-state index in [2.05, 4.69) is 59.1 Å². The first kappa shape index (κ1) is 20.2. The van der Waals surface area contributed by atoms with Gasteiger partial charge in [-0.25, -0.2) is 14.1 Å². The van der Waals surface area contributed by atoms with E-state index < -0.39 is 11.8 Å². The Balaban J connectivity index is 1.91. The second kappa shape index (κ2) is 8.00. The number of halogens is 3. The molecule has 2 atom stereocenters. The van der Waals surface area contributed by atoms with Crippen molar-refractivity contribution in [3.63, 3.8) is 0 Å². The summed E-state index contributed by atoms with van der Waals surface area (Å²) in [6, 6.07) is 1.74. The molecular weight excluding hydrogens is 564 g/mol. The fourth-order valence-electron chi connectivity index (χ4n) is 3.69. The molecule has 0 spiro atoms. The van der Waals surface area contributed by atoms with Crippen molar-refractivity contribution in [1.29, 1.82) is 0 Å². The van der Waals surface area contributed by atoms with Crippen molar-refractivity contribution in [2.75, 3.05) is 12.8 Å². The molecule has 1 aliphatic heterocycles. The fraction of sp³-hybridized carbons (Fsp3) is 0.412. The number of carboxylic acids is 1. The second-order valence-electron chi connectivity index (χ2n) is 6.66. The average molecular weight is 580 g/mol. The van der Waals surface area contributed by atoms with Crippen LogP contribution in [-0.2, 0) is 4.79 Å². The van der Waals surface area contributed by atoms with E-state index in [-0.39, 0.29) is 24.0 Å². The quantitative estimate of drug-likeness (QED) is 0.274. The molecular formula is C17H16BrFIN5O2S. The molecule has 3 aromatic rings. The van der Waals surface area contributed by atoms with Crippen molar-refractivity contribution in [1.82, 2.24) is 25.3 Å². The van der Waals surface area contributed by atoms with E-state index in [0.717, 1.165) is 15.5 Å². The van der Waals surface area contributed by atoms with E-state index in [4.69, 9.17) is 5.11 Å². The van der Waals surface area contributed by atoms with Crippen LogP contribution in [0.15, 0.2) is 15.6 Å². The first-order chi connectivity index (χ1) is 13.4. The van der Waals surface area contributed by atoms with E-state index in [1.807, 2.05) is 17.0 Å². The highest BCUT2D eigenvalue weighted by Crippen LogP contribution is 2.37. The van der Waals surface area contributed by atoms with Crippen LogP contribution in [0.4, 0.5) is 4.39 Å². The lowest BCUT2D eigenvalue weighted by Gasteiger charge is -2.29. The summed E-state index contributed by atoms with van der Waals surface area (Å²) in [6.07, 6.45) is 3.35. The van der Waals surface area contributed by atoms with Gasteiger partial charge in [-0.1, -0.05) is 5.21 Å². The second-order valence-corrected chi connectivity index (χ2v) is 9.41. The van der Waals surface area contributed by atoms with Crippen molar-refractivity contribution < 1.29 is 14.3 Å². The zero-order valence-electron chi connectivity index (χ0n) is 14.7. The number of benzene rings is 1. The van der Waals surface area contributed by atoms with Gasteiger partial charge < -0.3 is 10.4 Å². The van der Waals surface area contributed by atoms with Crippen LogP contribution in [-0.4, -0.2) is 49.9 Å². The van der Waals surface area contributed by atoms with E-state index >= 15 is 0 Å². The largest absolute Gasteiger partial charge is 0.481 e. The molecule has 148 valence electrons. The minimum atomic E-state index is -0.831. The van der Waals surface area contributed by atoms with Gasteiger partial charge in [0.15, 0.2) is 5.82 Å². The maximum atomic E-state index is 14.9. The summed E-state index contributed by atoms with van der Waals surface area (Å²) in [4.78, 5) is 15.6. The van der Waals surface area contributed by atoms with Crippen LogP contribution in [0, 0.1) is 9.39 Å². The summed E-state index contributed by atoms with van der Waals surface area (Å²) >= 11 is 6.78. The van der Waals surface area contributed by atoms with Crippen LogP contribution < -0.4 is 5.32 Å². The van der Waals surface area contributed by atoms with Gasteiger partial charge in [-0.05, 0) is 70.2 Å². The Hall–Kier alpha value is -1.05. The highest BCUT2D eigenvalue weighted by molar-refractivity contribution is 14.1. The van der Waals surface area contributed by atoms with Gasteiger partial charge in [0.2, 0.25) is 0 Å². The zero-order valence-corrected chi connectivity index (χ0v) is 19.3. The summed E-state index contributed by atoms with van der Waals surface area (Å²) in [5.74, 6) is -1.23. The number of pyridine rings is 1. The van der Waals surface area contributed by atoms with Gasteiger partial charge in [0.25, 0.3) is 0 Å². The molecule has 2 N–H and O–H groups in total. The van der Waals surface area contributed by atoms with E-state index in [9.17, 15) is 9.18 Å². The number of rotatable bonds is 4. The Morgan fingerprint density at radius 3 is 3.04 bits per heavy atom. The number of carboxylic acid groups (broad SMARTS) is 1. The first-order valence-corrected chi connectivity index (χ1v) is 11.7. The molecule has 0 radical (unpaired) electrons. The molecule has 0 unspecified atom stereocenters. The molecule has 0 aliphatic carbocycles. The summed E-state index contributed by atoms with van der Waals surface area (Å²) in [5, 5.41) is 22.4. The van der Waals surface area contributed by atoms with Crippen LogP contribution in [0.2, 0.25) is 0 Å². The van der Waals surface area contributed by atoms with Gasteiger partial charge in [-0.2, -0.15) is 0 Å². The third kappa shape index (κ3) is 3.50. The van der Waals surface area contributed by atoms with Crippen LogP contribution in [0.3, 0.4) is 0 Å². The number of thioether (sulfide) groups is 1. The van der Waals surface area contributed by atoms with Gasteiger partial charge in [-0.15, -0.1) is 16.9 Å². The standard InChI is InChI=1S/C17H16BrFIN5O2S/c1-28-17-15-16(9-6-10(20)12(18)13(19)14(9)22-17)25(24-23-15)8-2-3-21-7(4-8)5-11(26)27/h6-8,21H,2-5H2,1H3,(H,26,27)/t7-,8-/m0/s1. The number of nitrogens with zero attached hydrogens (tertiary/aromatic N) is 4. The van der Waals surface area contributed by atoms with Crippen molar-refractivity contribution in [3.05, 3.63) is 19.9 Å². The molecule has 3 heterocycles. The summed E-state index contributed by atoms with van der Waals surface area (Å²) in [5.41, 5.74) is 1.68. The Labute approximate surface area is 186 Å². The molecule has 1 fully saturated rings. The maximum Gasteiger partial charge on any atom is 0.304 e. The molecule has 0 bridgehead atoms. The van der Waals surface area contributed by atoms with Crippen molar-refractivity contribution in [2.45, 2.75) is 36.4 Å². The summed E-state index contributed by atoms with van der Waals surface area (Å²) in [7, 11) is 0. The number of carbonyl (C=O) groups is 1. The van der Waals surface area contributed by atoms with Crippen LogP contribution in [0.5, 0.6) is 0 Å². The lowest BCUT2D eigenvalue weighted by Crippen LogP contribution is -2.40. The normalized spacial score (nSPS) is 20.1. The van der Waals surface area contributed by atoms with Crippen molar-refractivity contribution in [3.8, 4) is 0 Å². The van der Waals surface area contributed by atoms with Gasteiger partial charge >= 0.3 is 5.97 Å². The molecule has 1 aliphatic rings. The third-order valence-corrected chi connectivity index (χ3v) is 7.97. The van der Waals surface area contributed by atoms with E-state index in [1.165, 1.54) is 11.8 Å². The highest BCUT2D eigenvalue weighted by Gasteiger charge is 2.28. The molecule has 2 aromatic heterocycles. The lowest BCUT2D eigenvalue weighted by molar-refractivity contribution is -0.137. The van der Waals surface area contributed by atoms with E-state index in [1.54, 1.807) is 0 Å². The molecule has 11 heteroatoms. The van der Waals surface area contributed by atoms with Crippen LogP contribution in [0.25, 0.3) is 21.9 Å². The van der Waals surface area contributed by atoms with E-state index in [0.29, 0.717) is 33.4 Å². The average Bonchev–Trinajstić information content (AvgIpc) is 3.11. The number of aliphatic carboxylic acids is 1. The molecule has 7 nitrogen and oxygen atoms in total. The zero-order chi connectivity index (χ0) is 20.0. The Kier molecular flexibility index (Phi) is 5.78. The minimum Gasteiger partial charge on any atom is -0.481 e. The van der Waals surface area contributed by atoms with Gasteiger partial charge in [0.1, 0.15) is 21.6 Å². The number of aromatic nitrogens is 4. The number of nitrogens with one attached hydrogen (secondary N) is 1. The fourth-order valence-corrected chi connectivity index (χ4v) is 5.05. The van der Waals surface area contributed by atoms with Crippen molar-refractivity contribution >= 4 is 78.2 Å². The summed E-state index contributed by atoms with van der Waals surface area (Å²) in [6.45, 7) is 0.694. The van der Waals surface area contributed by atoms with Crippen molar-refractivity contribution in [2.24, 2.45) is 0 Å². The summed E-state index contributed by atoms with van der Waals surface area (Å²) < 4.78 is 17.9. The smallest absolute Gasteiger partial charge is 0.304 e. The molecule has 0 saturated carbocycles. The molecule has 4 rings (SSSR count). The SMILES string of the molecule is CSc1nc2c(F)c(Br)c(I)cc2c2c1nnn2[C@H]1CCN[C@H](CC(=O)O)C1. The lowest BCUT2D eigenvalue weighted by atomic mass is 9.97.